The molecule has 0 bridgehead atoms. The molecule has 1 unspecified atom stereocenters. The summed E-state index contributed by atoms with van der Waals surface area (Å²) in [6.45, 7) is 7.51. The van der Waals surface area contributed by atoms with Crippen LogP contribution in [0.25, 0.3) is 11.0 Å². The minimum absolute atomic E-state index is 0.0360. The number of aromatic nitrogens is 2. The van der Waals surface area contributed by atoms with E-state index >= 15 is 0 Å². The lowest BCUT2D eigenvalue weighted by atomic mass is 10.2. The predicted molar refractivity (Wildman–Crippen MR) is 85.8 cm³/mol. The molecule has 3 heteroatoms. The Hall–Kier alpha value is -1.35. The Bertz CT molecular complexity index is 557. The standard InChI is InChI=1S/C17H27N3/c1-4-6-7-8-11-20-16-10-9-13(3)12-15(16)19-17(20)14(18)5-2/h9-10,12,14H,4-8,11,18H2,1-3H3. The summed E-state index contributed by atoms with van der Waals surface area (Å²) in [6.07, 6.45) is 5.99. The van der Waals surface area contributed by atoms with Crippen molar-refractivity contribution in [3.8, 4) is 0 Å². The minimum Gasteiger partial charge on any atom is -0.327 e. The van der Waals surface area contributed by atoms with E-state index in [1.165, 1.54) is 36.8 Å². The fraction of sp³-hybridized carbons (Fsp3) is 0.588. The van der Waals surface area contributed by atoms with Gasteiger partial charge in [0.2, 0.25) is 0 Å². The Morgan fingerprint density at radius 1 is 1.20 bits per heavy atom. The first kappa shape index (κ1) is 15.0. The Labute approximate surface area is 122 Å². The molecule has 0 amide bonds. The smallest absolute Gasteiger partial charge is 0.126 e. The maximum absolute atomic E-state index is 6.24. The number of benzene rings is 1. The fourth-order valence-corrected chi connectivity index (χ4v) is 2.66. The summed E-state index contributed by atoms with van der Waals surface area (Å²) in [5, 5.41) is 0. The lowest BCUT2D eigenvalue weighted by molar-refractivity contribution is 0.541. The normalized spacial score (nSPS) is 13.0. The van der Waals surface area contributed by atoms with Gasteiger partial charge in [-0.25, -0.2) is 4.98 Å². The topological polar surface area (TPSA) is 43.8 Å². The molecule has 0 aliphatic carbocycles. The van der Waals surface area contributed by atoms with Crippen molar-refractivity contribution in [3.63, 3.8) is 0 Å². The van der Waals surface area contributed by atoms with Crippen LogP contribution >= 0.6 is 0 Å². The van der Waals surface area contributed by atoms with Crippen LogP contribution < -0.4 is 5.73 Å². The number of nitrogens with two attached hydrogens (primary N) is 1. The molecule has 2 rings (SSSR count). The van der Waals surface area contributed by atoms with Gasteiger partial charge >= 0.3 is 0 Å². The summed E-state index contributed by atoms with van der Waals surface area (Å²) in [7, 11) is 0. The van der Waals surface area contributed by atoms with Gasteiger partial charge in [0.25, 0.3) is 0 Å². The van der Waals surface area contributed by atoms with Crippen molar-refractivity contribution in [2.75, 3.05) is 0 Å². The van der Waals surface area contributed by atoms with Gasteiger partial charge in [0.15, 0.2) is 0 Å². The minimum atomic E-state index is 0.0360. The van der Waals surface area contributed by atoms with Crippen LogP contribution in [0.15, 0.2) is 18.2 Å². The average Bonchev–Trinajstić information content (AvgIpc) is 2.80. The highest BCUT2D eigenvalue weighted by molar-refractivity contribution is 5.77. The highest BCUT2D eigenvalue weighted by Gasteiger charge is 2.15. The van der Waals surface area contributed by atoms with Crippen molar-refractivity contribution in [1.82, 2.24) is 9.55 Å². The molecular formula is C17H27N3. The van der Waals surface area contributed by atoms with Crippen LogP contribution in [-0.2, 0) is 6.54 Å². The lowest BCUT2D eigenvalue weighted by Crippen LogP contribution is -2.16. The van der Waals surface area contributed by atoms with Gasteiger partial charge in [0.1, 0.15) is 5.82 Å². The summed E-state index contributed by atoms with van der Waals surface area (Å²) in [5.41, 5.74) is 9.81. The first-order valence-corrected chi connectivity index (χ1v) is 7.89. The van der Waals surface area contributed by atoms with Crippen LogP contribution in [-0.4, -0.2) is 9.55 Å². The summed E-state index contributed by atoms with van der Waals surface area (Å²) >= 11 is 0. The number of imidazole rings is 1. The van der Waals surface area contributed by atoms with E-state index in [0.717, 1.165) is 24.3 Å². The van der Waals surface area contributed by atoms with Crippen LogP contribution in [0.5, 0.6) is 0 Å². The Morgan fingerprint density at radius 2 is 2.00 bits per heavy atom. The van der Waals surface area contributed by atoms with Crippen molar-refractivity contribution in [2.45, 2.75) is 65.5 Å². The van der Waals surface area contributed by atoms with Crippen LogP contribution in [0.1, 0.15) is 63.4 Å². The third-order valence-electron chi connectivity index (χ3n) is 3.94. The monoisotopic (exact) mass is 273 g/mol. The number of hydrogen-bond donors (Lipinski definition) is 1. The third kappa shape index (κ3) is 3.21. The zero-order chi connectivity index (χ0) is 14.5. The largest absolute Gasteiger partial charge is 0.327 e. The predicted octanol–water partition coefficient (Wildman–Crippen LogP) is 4.33. The van der Waals surface area contributed by atoms with Gasteiger partial charge in [-0.05, 0) is 37.5 Å². The lowest BCUT2D eigenvalue weighted by Gasteiger charge is -2.13. The zero-order valence-corrected chi connectivity index (χ0v) is 13.0. The zero-order valence-electron chi connectivity index (χ0n) is 13.0. The quantitative estimate of drug-likeness (QED) is 0.763. The Kier molecular flexibility index (Phi) is 5.18. The summed E-state index contributed by atoms with van der Waals surface area (Å²) in [5.74, 6) is 1.05. The van der Waals surface area contributed by atoms with Crippen molar-refractivity contribution < 1.29 is 0 Å². The number of hydrogen-bond acceptors (Lipinski definition) is 2. The number of aryl methyl sites for hydroxylation is 2. The Morgan fingerprint density at radius 3 is 2.70 bits per heavy atom. The number of rotatable bonds is 7. The molecule has 0 saturated heterocycles. The number of nitrogens with zero attached hydrogens (tertiary/aromatic N) is 2. The highest BCUT2D eigenvalue weighted by atomic mass is 15.1. The molecule has 0 fully saturated rings. The van der Waals surface area contributed by atoms with E-state index in [1.54, 1.807) is 0 Å². The molecule has 0 spiro atoms. The molecule has 1 heterocycles. The molecule has 20 heavy (non-hydrogen) atoms. The second-order valence-corrected chi connectivity index (χ2v) is 5.69. The summed E-state index contributed by atoms with van der Waals surface area (Å²) in [6, 6.07) is 6.54. The van der Waals surface area contributed by atoms with Crippen molar-refractivity contribution >= 4 is 11.0 Å². The van der Waals surface area contributed by atoms with E-state index in [9.17, 15) is 0 Å². The highest BCUT2D eigenvalue weighted by Crippen LogP contribution is 2.23. The molecular weight excluding hydrogens is 246 g/mol. The molecule has 2 N–H and O–H groups in total. The third-order valence-corrected chi connectivity index (χ3v) is 3.94. The van der Waals surface area contributed by atoms with E-state index in [-0.39, 0.29) is 6.04 Å². The molecule has 3 nitrogen and oxygen atoms in total. The number of fused-ring (bicyclic) bond motifs is 1. The van der Waals surface area contributed by atoms with Gasteiger partial charge in [0, 0.05) is 6.54 Å². The Balaban J connectivity index is 2.32. The maximum Gasteiger partial charge on any atom is 0.126 e. The first-order chi connectivity index (χ1) is 9.67. The molecule has 0 radical (unpaired) electrons. The van der Waals surface area contributed by atoms with Gasteiger partial charge in [-0.3, -0.25) is 0 Å². The van der Waals surface area contributed by atoms with Gasteiger partial charge < -0.3 is 10.3 Å². The second kappa shape index (κ2) is 6.89. The van der Waals surface area contributed by atoms with E-state index in [4.69, 9.17) is 10.7 Å². The van der Waals surface area contributed by atoms with E-state index in [2.05, 4.69) is 43.5 Å². The first-order valence-electron chi connectivity index (χ1n) is 7.89. The average molecular weight is 273 g/mol. The van der Waals surface area contributed by atoms with E-state index in [1.807, 2.05) is 0 Å². The van der Waals surface area contributed by atoms with Gasteiger partial charge in [0.05, 0.1) is 17.1 Å². The summed E-state index contributed by atoms with van der Waals surface area (Å²) in [4.78, 5) is 4.78. The molecule has 0 aliphatic heterocycles. The van der Waals surface area contributed by atoms with Crippen molar-refractivity contribution in [1.29, 1.82) is 0 Å². The van der Waals surface area contributed by atoms with Gasteiger partial charge in [-0.15, -0.1) is 0 Å². The fourth-order valence-electron chi connectivity index (χ4n) is 2.66. The van der Waals surface area contributed by atoms with Crippen molar-refractivity contribution in [2.24, 2.45) is 5.73 Å². The molecule has 0 saturated carbocycles. The van der Waals surface area contributed by atoms with Crippen LogP contribution in [0, 0.1) is 6.92 Å². The van der Waals surface area contributed by atoms with E-state index in [0.29, 0.717) is 0 Å². The van der Waals surface area contributed by atoms with E-state index < -0.39 is 0 Å². The second-order valence-electron chi connectivity index (χ2n) is 5.69. The van der Waals surface area contributed by atoms with Gasteiger partial charge in [-0.1, -0.05) is 39.2 Å². The SMILES string of the molecule is CCCCCCn1c(C(N)CC)nc2cc(C)ccc21. The van der Waals surface area contributed by atoms with Crippen LogP contribution in [0.4, 0.5) is 0 Å². The summed E-state index contributed by atoms with van der Waals surface area (Å²) < 4.78 is 2.33. The van der Waals surface area contributed by atoms with Crippen molar-refractivity contribution in [3.05, 3.63) is 29.6 Å². The molecule has 2 aromatic rings. The maximum atomic E-state index is 6.24. The molecule has 110 valence electrons. The van der Waals surface area contributed by atoms with Crippen LogP contribution in [0.3, 0.4) is 0 Å². The molecule has 1 aromatic heterocycles. The molecule has 1 aromatic carbocycles. The van der Waals surface area contributed by atoms with Gasteiger partial charge in [-0.2, -0.15) is 0 Å². The van der Waals surface area contributed by atoms with Crippen LogP contribution in [0.2, 0.25) is 0 Å². The number of unbranched alkanes of at least 4 members (excludes halogenated alkanes) is 3. The molecule has 1 atom stereocenters. The molecule has 0 aliphatic rings.